The van der Waals surface area contributed by atoms with Crippen molar-refractivity contribution >= 4 is 19.1 Å². The molecule has 1 saturated heterocycles. The predicted molar refractivity (Wildman–Crippen MR) is 96.3 cm³/mol. The van der Waals surface area contributed by atoms with Gasteiger partial charge in [-0.15, -0.1) is 0 Å². The average Bonchev–Trinajstić information content (AvgIpc) is 2.57. The molecule has 140 valence electrons. The molecule has 7 nitrogen and oxygen atoms in total. The number of non-ortho nitro benzene ring substituents is 1. The van der Waals surface area contributed by atoms with Gasteiger partial charge in [0, 0.05) is 23.5 Å². The minimum Gasteiger partial charge on any atom is -0.307 e. The Bertz CT molecular complexity index is 817. The number of carbonyl (C=O) groups is 1. The molecule has 0 aromatic heterocycles. The molecule has 1 heterocycles. The molecule has 1 fully saturated rings. The summed E-state index contributed by atoms with van der Waals surface area (Å²) in [6.07, 6.45) is 1.95. The maximum atomic E-state index is 13.4. The monoisotopic (exact) mass is 380 g/mol. The van der Waals surface area contributed by atoms with Gasteiger partial charge in [-0.3, -0.25) is 19.5 Å². The fourth-order valence-electron chi connectivity index (χ4n) is 3.36. The first-order valence-corrected chi connectivity index (χ1v) is 10.1. The Kier molecular flexibility index (Phi) is 4.90. The maximum absolute atomic E-state index is 13.4. The molecule has 0 amide bonds. The molecule has 0 saturated carbocycles. The van der Waals surface area contributed by atoms with Gasteiger partial charge in [0.2, 0.25) is 0 Å². The highest BCUT2D eigenvalue weighted by Crippen LogP contribution is 2.62. The number of nitro benzene ring substituents is 1. The van der Waals surface area contributed by atoms with Crippen LogP contribution in [0.3, 0.4) is 0 Å². The lowest BCUT2D eigenvalue weighted by Crippen LogP contribution is -2.38. The lowest BCUT2D eigenvalue weighted by molar-refractivity contribution is -0.384. The van der Waals surface area contributed by atoms with E-state index >= 15 is 0 Å². The molecule has 0 radical (unpaired) electrons. The van der Waals surface area contributed by atoms with Gasteiger partial charge in [0.05, 0.1) is 18.1 Å². The predicted octanol–water partition coefficient (Wildman–Crippen LogP) is 4.23. The second-order valence-electron chi connectivity index (χ2n) is 7.75. The first-order chi connectivity index (χ1) is 12.1. The van der Waals surface area contributed by atoms with Crippen LogP contribution in [-0.4, -0.2) is 29.6 Å². The van der Waals surface area contributed by atoms with Gasteiger partial charge in [-0.25, -0.2) is 0 Å². The van der Waals surface area contributed by atoms with Crippen molar-refractivity contribution in [2.75, 3.05) is 13.2 Å². The summed E-state index contributed by atoms with van der Waals surface area (Å²) < 4.78 is 24.6. The van der Waals surface area contributed by atoms with Crippen molar-refractivity contribution in [1.29, 1.82) is 0 Å². The van der Waals surface area contributed by atoms with E-state index in [1.165, 1.54) is 18.2 Å². The SMILES string of the molecule is CC1(C)COP(=O)(C2C(=O)C=C([13CH3])CC2c2cccc([N+](=O)[O-])c2)OC1. The molecule has 1 aliphatic carbocycles. The number of allylic oxidation sites excluding steroid dienone is 2. The van der Waals surface area contributed by atoms with Crippen LogP contribution in [0, 0.1) is 15.5 Å². The summed E-state index contributed by atoms with van der Waals surface area (Å²) in [6, 6.07) is 6.12. The fourth-order valence-corrected chi connectivity index (χ4v) is 5.92. The zero-order valence-corrected chi connectivity index (χ0v) is 15.9. The molecule has 2 unspecified atom stereocenters. The van der Waals surface area contributed by atoms with Gasteiger partial charge in [0.15, 0.2) is 5.78 Å². The van der Waals surface area contributed by atoms with Crippen LogP contribution in [0.4, 0.5) is 5.69 Å². The first kappa shape index (κ1) is 19.0. The van der Waals surface area contributed by atoms with Crippen LogP contribution in [0.25, 0.3) is 0 Å². The number of rotatable bonds is 3. The Labute approximate surface area is 152 Å². The summed E-state index contributed by atoms with van der Waals surface area (Å²) in [5.41, 5.74) is 0.109. The second kappa shape index (κ2) is 6.72. The van der Waals surface area contributed by atoms with Gasteiger partial charge in [-0.05, 0) is 25.0 Å². The summed E-state index contributed by atoms with van der Waals surface area (Å²) in [5, 5.41) is 11.1. The van der Waals surface area contributed by atoms with Gasteiger partial charge in [-0.1, -0.05) is 31.6 Å². The van der Waals surface area contributed by atoms with E-state index < -0.39 is 24.1 Å². The number of hydrogen-bond acceptors (Lipinski definition) is 6. The van der Waals surface area contributed by atoms with Crippen molar-refractivity contribution in [3.63, 3.8) is 0 Å². The van der Waals surface area contributed by atoms with Crippen LogP contribution in [0.5, 0.6) is 0 Å². The Balaban J connectivity index is 2.01. The number of carbonyl (C=O) groups excluding carboxylic acids is 1. The minimum atomic E-state index is -3.68. The Morgan fingerprint density at radius 3 is 2.54 bits per heavy atom. The van der Waals surface area contributed by atoms with E-state index in [0.717, 1.165) is 5.57 Å². The molecule has 3 rings (SSSR count). The fraction of sp³-hybridized carbons (Fsp3) is 0.500. The summed E-state index contributed by atoms with van der Waals surface area (Å²) >= 11 is 0. The molecule has 8 heteroatoms. The van der Waals surface area contributed by atoms with E-state index in [1.807, 2.05) is 20.8 Å². The highest BCUT2D eigenvalue weighted by atomic mass is 31.2. The van der Waals surface area contributed by atoms with Crippen molar-refractivity contribution in [3.8, 4) is 0 Å². The van der Waals surface area contributed by atoms with Crippen LogP contribution in [0.2, 0.25) is 0 Å². The summed E-state index contributed by atoms with van der Waals surface area (Å²) in [7, 11) is -3.68. The smallest absolute Gasteiger partial charge is 0.307 e. The molecule has 1 aromatic rings. The molecule has 0 bridgehead atoms. The van der Waals surface area contributed by atoms with E-state index in [9.17, 15) is 19.5 Å². The van der Waals surface area contributed by atoms with E-state index in [-0.39, 0.29) is 30.1 Å². The molecule has 2 atom stereocenters. The molecule has 0 N–H and O–H groups in total. The van der Waals surface area contributed by atoms with Crippen molar-refractivity contribution in [2.45, 2.75) is 38.8 Å². The Morgan fingerprint density at radius 1 is 1.27 bits per heavy atom. The molecular formula is C18H22NO6P. The van der Waals surface area contributed by atoms with E-state index in [0.29, 0.717) is 12.0 Å². The standard InChI is InChI=1S/C18H22NO6P/c1-12-7-15(13-5-4-6-14(9-13)19(21)22)17(16(20)8-12)26(23)24-10-18(2,3)11-25-26/h4-6,8-9,15,17H,7,10-11H2,1-3H3/i1+1. The number of hydrogen-bond donors (Lipinski definition) is 0. The number of ketones is 1. The third-order valence-corrected chi connectivity index (χ3v) is 7.00. The van der Waals surface area contributed by atoms with Gasteiger partial charge in [-0.2, -0.15) is 0 Å². The van der Waals surface area contributed by atoms with E-state index in [4.69, 9.17) is 9.05 Å². The summed E-state index contributed by atoms with van der Waals surface area (Å²) in [6.45, 7) is 6.15. The average molecular weight is 380 g/mol. The topological polar surface area (TPSA) is 95.7 Å². The second-order valence-corrected chi connectivity index (χ2v) is 9.90. The van der Waals surface area contributed by atoms with Gasteiger partial charge >= 0.3 is 7.60 Å². The number of benzene rings is 1. The molecule has 1 aliphatic heterocycles. The van der Waals surface area contributed by atoms with E-state index in [2.05, 4.69) is 0 Å². The van der Waals surface area contributed by atoms with Gasteiger partial charge < -0.3 is 9.05 Å². The van der Waals surface area contributed by atoms with Crippen molar-refractivity contribution in [2.24, 2.45) is 5.41 Å². The Hall–Kier alpha value is -1.82. The van der Waals surface area contributed by atoms with Crippen molar-refractivity contribution in [1.82, 2.24) is 0 Å². The van der Waals surface area contributed by atoms with Gasteiger partial charge in [0.25, 0.3) is 5.69 Å². The summed E-state index contributed by atoms with van der Waals surface area (Å²) in [4.78, 5) is 23.4. The van der Waals surface area contributed by atoms with Crippen molar-refractivity contribution < 1.29 is 23.3 Å². The number of nitro groups is 1. The maximum Gasteiger partial charge on any atom is 0.342 e. The zero-order chi connectivity index (χ0) is 19.1. The lowest BCUT2D eigenvalue weighted by Gasteiger charge is -2.40. The molecule has 0 spiro atoms. The van der Waals surface area contributed by atoms with Crippen molar-refractivity contribution in [3.05, 3.63) is 51.6 Å². The highest BCUT2D eigenvalue weighted by Gasteiger charge is 2.51. The Morgan fingerprint density at radius 2 is 1.92 bits per heavy atom. The third-order valence-electron chi connectivity index (χ3n) is 4.72. The number of nitrogens with zero attached hydrogens (tertiary/aromatic N) is 1. The quantitative estimate of drug-likeness (QED) is 0.337. The molecule has 2 aliphatic rings. The molecular weight excluding hydrogens is 358 g/mol. The van der Waals surface area contributed by atoms with Crippen LogP contribution in [-0.2, 0) is 18.4 Å². The largest absolute Gasteiger partial charge is 0.342 e. The zero-order valence-electron chi connectivity index (χ0n) is 15.0. The molecule has 1 aromatic carbocycles. The van der Waals surface area contributed by atoms with Crippen LogP contribution < -0.4 is 0 Å². The summed E-state index contributed by atoms with van der Waals surface area (Å²) in [5.74, 6) is -0.798. The normalized spacial score (nSPS) is 27.7. The third kappa shape index (κ3) is 3.65. The van der Waals surface area contributed by atoms with Crippen LogP contribution in [0.1, 0.15) is 38.7 Å². The highest BCUT2D eigenvalue weighted by molar-refractivity contribution is 7.56. The lowest BCUT2D eigenvalue weighted by atomic mass is 9.84. The van der Waals surface area contributed by atoms with Crippen LogP contribution >= 0.6 is 7.60 Å². The van der Waals surface area contributed by atoms with E-state index in [1.54, 1.807) is 12.1 Å². The van der Waals surface area contributed by atoms with Crippen LogP contribution in [0.15, 0.2) is 35.9 Å². The molecule has 26 heavy (non-hydrogen) atoms. The first-order valence-electron chi connectivity index (χ1n) is 8.45. The van der Waals surface area contributed by atoms with Gasteiger partial charge in [0.1, 0.15) is 5.66 Å². The minimum absolute atomic E-state index is 0.0641.